The highest BCUT2D eigenvalue weighted by molar-refractivity contribution is 5.94. The van der Waals surface area contributed by atoms with Crippen LogP contribution in [0.15, 0.2) is 24.3 Å². The fraction of sp³-hybridized carbons (Fsp3) is 0.652. The Labute approximate surface area is 164 Å². The van der Waals surface area contributed by atoms with Gasteiger partial charge in [0, 0.05) is 24.6 Å². The summed E-state index contributed by atoms with van der Waals surface area (Å²) < 4.78 is 0. The molecule has 0 aromatic heterocycles. The average Bonchev–Trinajstić information content (AvgIpc) is 2.75. The summed E-state index contributed by atoms with van der Waals surface area (Å²) in [6.07, 6.45) is 4.08. The number of hydrogen-bond donors (Lipinski definition) is 0. The van der Waals surface area contributed by atoms with E-state index in [2.05, 4.69) is 28.9 Å². The lowest BCUT2D eigenvalue weighted by atomic mass is 9.87. The molecule has 3 rings (SSSR count). The third-order valence-corrected chi connectivity index (χ3v) is 5.98. The second-order valence-electron chi connectivity index (χ2n) is 7.49. The number of Topliss-reactive ketones (excluding diaryl/α,β-unsaturated/α-hetero) is 1. The Kier molecular flexibility index (Phi) is 8.49. The minimum absolute atomic E-state index is 0.112. The second-order valence-corrected chi connectivity index (χ2v) is 7.49. The Balaban J connectivity index is 0.00000126. The molecule has 1 aromatic carbocycles. The Bertz CT molecular complexity index is 595. The highest BCUT2D eigenvalue weighted by Gasteiger charge is 2.30. The molecule has 27 heavy (non-hydrogen) atoms. The Hall–Kier alpha value is -1.68. The topological polar surface area (TPSA) is 40.6 Å². The van der Waals surface area contributed by atoms with Crippen LogP contribution < -0.4 is 0 Å². The quantitative estimate of drug-likeness (QED) is 0.738. The van der Waals surface area contributed by atoms with Crippen molar-refractivity contribution in [3.8, 4) is 0 Å². The van der Waals surface area contributed by atoms with Gasteiger partial charge in [0.25, 0.3) is 0 Å². The van der Waals surface area contributed by atoms with Gasteiger partial charge in [0.2, 0.25) is 5.91 Å². The standard InChI is InChI=1S/C21H30N2O2.C2H6/c1-3-22-12-8-20(9-13-22)21(25)23-14-10-19(11-15-23)18-6-4-17(5-7-18)16(2)24;1-2/h4-7,19-20H,3,8-15H2,1-2H3;1-2H3. The SMILES string of the molecule is CC.CCN1CCC(C(=O)N2CCC(c3ccc(C(C)=O)cc3)CC2)CC1. The second kappa shape index (κ2) is 10.6. The predicted octanol–water partition coefficient (Wildman–Crippen LogP) is 4.35. The number of likely N-dealkylation sites (tertiary alicyclic amines) is 2. The first-order chi connectivity index (χ1) is 13.1. The summed E-state index contributed by atoms with van der Waals surface area (Å²) in [4.78, 5) is 28.7. The van der Waals surface area contributed by atoms with E-state index in [0.29, 0.717) is 11.8 Å². The van der Waals surface area contributed by atoms with E-state index in [9.17, 15) is 9.59 Å². The van der Waals surface area contributed by atoms with Crippen LogP contribution in [0.1, 0.15) is 75.2 Å². The fourth-order valence-corrected chi connectivity index (χ4v) is 4.18. The van der Waals surface area contributed by atoms with E-state index in [4.69, 9.17) is 0 Å². The largest absolute Gasteiger partial charge is 0.342 e. The minimum atomic E-state index is 0.112. The summed E-state index contributed by atoms with van der Waals surface area (Å²) in [5.41, 5.74) is 2.07. The first-order valence-electron chi connectivity index (χ1n) is 10.7. The normalized spacial score (nSPS) is 19.3. The van der Waals surface area contributed by atoms with Gasteiger partial charge in [-0.3, -0.25) is 9.59 Å². The molecule has 0 N–H and O–H groups in total. The molecule has 0 unspecified atom stereocenters. The number of carbonyl (C=O) groups is 2. The van der Waals surface area contributed by atoms with Crippen molar-refractivity contribution in [2.75, 3.05) is 32.7 Å². The molecule has 1 amide bonds. The van der Waals surface area contributed by atoms with E-state index < -0.39 is 0 Å². The van der Waals surface area contributed by atoms with Crippen LogP contribution in [0, 0.1) is 5.92 Å². The van der Waals surface area contributed by atoms with Gasteiger partial charge in [-0.15, -0.1) is 0 Å². The molecule has 0 radical (unpaired) electrons. The molecule has 0 saturated carbocycles. The zero-order chi connectivity index (χ0) is 19.8. The van der Waals surface area contributed by atoms with Crippen molar-refractivity contribution in [3.63, 3.8) is 0 Å². The molecule has 0 bridgehead atoms. The average molecular weight is 373 g/mol. The highest BCUT2D eigenvalue weighted by atomic mass is 16.2. The molecule has 0 spiro atoms. The molecule has 4 heteroatoms. The number of benzene rings is 1. The zero-order valence-electron chi connectivity index (χ0n) is 17.5. The summed E-state index contributed by atoms with van der Waals surface area (Å²) >= 11 is 0. The van der Waals surface area contributed by atoms with Crippen molar-refractivity contribution in [2.24, 2.45) is 5.92 Å². The first kappa shape index (κ1) is 21.6. The third-order valence-electron chi connectivity index (χ3n) is 5.98. The lowest BCUT2D eigenvalue weighted by molar-refractivity contribution is -0.138. The van der Waals surface area contributed by atoms with Crippen LogP contribution in [0.4, 0.5) is 0 Å². The van der Waals surface area contributed by atoms with Gasteiger partial charge < -0.3 is 9.80 Å². The first-order valence-corrected chi connectivity index (χ1v) is 10.7. The van der Waals surface area contributed by atoms with Crippen LogP contribution in [0.5, 0.6) is 0 Å². The summed E-state index contributed by atoms with van der Waals surface area (Å²) in [6, 6.07) is 8.02. The number of rotatable bonds is 4. The van der Waals surface area contributed by atoms with Gasteiger partial charge in [0.1, 0.15) is 0 Å². The van der Waals surface area contributed by atoms with Gasteiger partial charge in [-0.25, -0.2) is 0 Å². The van der Waals surface area contributed by atoms with Crippen molar-refractivity contribution in [3.05, 3.63) is 35.4 Å². The van der Waals surface area contributed by atoms with Crippen LogP contribution in [0.25, 0.3) is 0 Å². The van der Waals surface area contributed by atoms with Crippen LogP contribution in [0.2, 0.25) is 0 Å². The smallest absolute Gasteiger partial charge is 0.225 e. The van der Waals surface area contributed by atoms with Gasteiger partial charge in [0.15, 0.2) is 5.78 Å². The van der Waals surface area contributed by atoms with Crippen molar-refractivity contribution in [1.29, 1.82) is 0 Å². The van der Waals surface area contributed by atoms with Gasteiger partial charge in [-0.2, -0.15) is 0 Å². The molecule has 2 saturated heterocycles. The summed E-state index contributed by atoms with van der Waals surface area (Å²) in [6.45, 7) is 12.7. The van der Waals surface area contributed by atoms with Gasteiger partial charge in [-0.05, 0) is 63.7 Å². The van der Waals surface area contributed by atoms with Crippen molar-refractivity contribution < 1.29 is 9.59 Å². The molecule has 2 aliphatic heterocycles. The van der Waals surface area contributed by atoms with E-state index in [-0.39, 0.29) is 11.7 Å². The molecule has 150 valence electrons. The van der Waals surface area contributed by atoms with Crippen LogP contribution in [-0.4, -0.2) is 54.2 Å². The third kappa shape index (κ3) is 5.65. The number of amides is 1. The summed E-state index contributed by atoms with van der Waals surface area (Å²) in [5.74, 6) is 1.23. The van der Waals surface area contributed by atoms with E-state index >= 15 is 0 Å². The molecule has 1 aromatic rings. The molecule has 4 nitrogen and oxygen atoms in total. The van der Waals surface area contributed by atoms with Crippen LogP contribution in [0.3, 0.4) is 0 Å². The number of ketones is 1. The van der Waals surface area contributed by atoms with Crippen molar-refractivity contribution in [2.45, 2.75) is 59.3 Å². The maximum atomic E-state index is 12.8. The number of hydrogen-bond acceptors (Lipinski definition) is 3. The Morgan fingerprint density at radius 3 is 1.96 bits per heavy atom. The van der Waals surface area contributed by atoms with Crippen LogP contribution in [-0.2, 0) is 4.79 Å². The maximum Gasteiger partial charge on any atom is 0.225 e. The maximum absolute atomic E-state index is 12.8. The van der Waals surface area contributed by atoms with Crippen molar-refractivity contribution in [1.82, 2.24) is 9.80 Å². The Morgan fingerprint density at radius 2 is 1.48 bits per heavy atom. The number of piperidine rings is 2. The van der Waals surface area contributed by atoms with Gasteiger partial charge in [0.05, 0.1) is 0 Å². The molecule has 2 fully saturated rings. The molecular formula is C23H36N2O2. The molecule has 0 atom stereocenters. The molecule has 0 aliphatic carbocycles. The number of nitrogens with zero attached hydrogens (tertiary/aromatic N) is 2. The zero-order valence-corrected chi connectivity index (χ0v) is 17.5. The molecular weight excluding hydrogens is 336 g/mol. The van der Waals surface area contributed by atoms with E-state index in [1.54, 1.807) is 6.92 Å². The predicted molar refractivity (Wildman–Crippen MR) is 111 cm³/mol. The summed E-state index contributed by atoms with van der Waals surface area (Å²) in [5, 5.41) is 0. The van der Waals surface area contributed by atoms with Crippen LogP contribution >= 0.6 is 0 Å². The lowest BCUT2D eigenvalue weighted by Crippen LogP contribution is -2.45. The highest BCUT2D eigenvalue weighted by Crippen LogP contribution is 2.30. The monoisotopic (exact) mass is 372 g/mol. The van der Waals surface area contributed by atoms with E-state index in [1.165, 1.54) is 5.56 Å². The number of carbonyl (C=O) groups excluding carboxylic acids is 2. The van der Waals surface area contributed by atoms with Gasteiger partial charge >= 0.3 is 0 Å². The molecule has 2 aliphatic rings. The van der Waals surface area contributed by atoms with E-state index in [1.807, 2.05) is 26.0 Å². The fourth-order valence-electron chi connectivity index (χ4n) is 4.18. The van der Waals surface area contributed by atoms with Crippen molar-refractivity contribution >= 4 is 11.7 Å². The Morgan fingerprint density at radius 1 is 0.926 bits per heavy atom. The van der Waals surface area contributed by atoms with E-state index in [0.717, 1.165) is 64.0 Å². The molecule has 2 heterocycles. The van der Waals surface area contributed by atoms with Gasteiger partial charge in [-0.1, -0.05) is 45.0 Å². The minimum Gasteiger partial charge on any atom is -0.342 e. The summed E-state index contributed by atoms with van der Waals surface area (Å²) in [7, 11) is 0. The lowest BCUT2D eigenvalue weighted by Gasteiger charge is -2.37.